The van der Waals surface area contributed by atoms with E-state index in [1.165, 1.54) is 0 Å². The van der Waals surface area contributed by atoms with Gasteiger partial charge in [-0.1, -0.05) is 19.8 Å². The van der Waals surface area contributed by atoms with Gasteiger partial charge >= 0.3 is 18.1 Å². The molecule has 0 spiro atoms. The van der Waals surface area contributed by atoms with Crippen LogP contribution in [0.15, 0.2) is 36.7 Å². The average Bonchev–Trinajstić information content (AvgIpc) is 2.79. The van der Waals surface area contributed by atoms with E-state index in [4.69, 9.17) is 4.74 Å². The minimum atomic E-state index is -5.58. The van der Waals surface area contributed by atoms with E-state index in [-0.39, 0.29) is 31.4 Å². The van der Waals surface area contributed by atoms with E-state index in [1.54, 1.807) is 36.7 Å². The molecule has 1 aromatic carbocycles. The molecular weight excluding hydrogens is 443 g/mol. The summed E-state index contributed by atoms with van der Waals surface area (Å²) in [5, 5.41) is 0. The molecule has 1 aliphatic carbocycles. The maximum absolute atomic E-state index is 13.5. The van der Waals surface area contributed by atoms with Crippen LogP contribution >= 0.6 is 0 Å². The highest BCUT2D eigenvalue weighted by molar-refractivity contribution is 5.75. The summed E-state index contributed by atoms with van der Waals surface area (Å²) in [4.78, 5) is 21.1. The van der Waals surface area contributed by atoms with Crippen molar-refractivity contribution in [2.75, 3.05) is 0 Å². The van der Waals surface area contributed by atoms with Crippen molar-refractivity contribution in [3.8, 4) is 17.1 Å². The Kier molecular flexibility index (Phi) is 8.02. The third kappa shape index (κ3) is 6.26. The van der Waals surface area contributed by atoms with Crippen LogP contribution in [0.5, 0.6) is 5.75 Å². The first-order valence-corrected chi connectivity index (χ1v) is 11.2. The first-order chi connectivity index (χ1) is 15.6. The van der Waals surface area contributed by atoms with Gasteiger partial charge in [0.15, 0.2) is 5.82 Å². The number of benzene rings is 1. The summed E-state index contributed by atoms with van der Waals surface area (Å²) in [5.74, 6) is -7.07. The predicted octanol–water partition coefficient (Wildman–Crippen LogP) is 6.79. The number of nitrogens with zero attached hydrogens (tertiary/aromatic N) is 2. The topological polar surface area (TPSA) is 52.1 Å². The lowest BCUT2D eigenvalue weighted by molar-refractivity contribution is -0.306. The van der Waals surface area contributed by atoms with Crippen LogP contribution in [0.3, 0.4) is 0 Å². The van der Waals surface area contributed by atoms with E-state index in [0.717, 1.165) is 36.8 Å². The highest BCUT2D eigenvalue weighted by atomic mass is 19.4. The number of alkyl halides is 5. The summed E-state index contributed by atoms with van der Waals surface area (Å²) in [6.07, 6.45) is 1.45. The lowest BCUT2D eigenvalue weighted by Gasteiger charge is -2.33. The van der Waals surface area contributed by atoms with Crippen molar-refractivity contribution in [3.05, 3.63) is 42.2 Å². The molecular formula is C24H27F5N2O2. The molecule has 0 bridgehead atoms. The molecule has 0 unspecified atom stereocenters. The van der Waals surface area contributed by atoms with Crippen molar-refractivity contribution >= 4 is 5.97 Å². The maximum atomic E-state index is 13.5. The van der Waals surface area contributed by atoms with Gasteiger partial charge in [0.2, 0.25) is 0 Å². The maximum Gasteiger partial charge on any atom is 0.453 e. The molecule has 1 aliphatic rings. The number of halogens is 5. The van der Waals surface area contributed by atoms with Crippen LogP contribution in [0.4, 0.5) is 22.0 Å². The number of aromatic nitrogens is 2. The second-order valence-corrected chi connectivity index (χ2v) is 8.49. The Labute approximate surface area is 189 Å². The van der Waals surface area contributed by atoms with Crippen molar-refractivity contribution in [1.29, 1.82) is 0 Å². The number of rotatable bonds is 8. The molecule has 1 saturated carbocycles. The van der Waals surface area contributed by atoms with E-state index < -0.39 is 29.9 Å². The number of esters is 1. The van der Waals surface area contributed by atoms with Crippen LogP contribution in [0.2, 0.25) is 0 Å². The fraction of sp³-hybridized carbons (Fsp3) is 0.542. The van der Waals surface area contributed by atoms with E-state index in [9.17, 15) is 26.7 Å². The zero-order valence-electron chi connectivity index (χ0n) is 18.4. The highest BCUT2D eigenvalue weighted by Gasteiger charge is 2.62. The molecule has 0 N–H and O–H groups in total. The van der Waals surface area contributed by atoms with Gasteiger partial charge in [-0.25, -0.2) is 9.97 Å². The smallest absolute Gasteiger partial charge is 0.426 e. The van der Waals surface area contributed by atoms with Gasteiger partial charge in [-0.05, 0) is 68.4 Å². The van der Waals surface area contributed by atoms with E-state index in [0.29, 0.717) is 5.82 Å². The molecule has 0 saturated heterocycles. The van der Waals surface area contributed by atoms with Crippen molar-refractivity contribution in [3.63, 3.8) is 0 Å². The van der Waals surface area contributed by atoms with Gasteiger partial charge in [-0.2, -0.15) is 22.0 Å². The summed E-state index contributed by atoms with van der Waals surface area (Å²) in [6, 6.07) is 6.56. The first-order valence-electron chi connectivity index (χ1n) is 11.2. The average molecular weight is 470 g/mol. The highest BCUT2D eigenvalue weighted by Crippen LogP contribution is 2.47. The molecule has 0 amide bonds. The summed E-state index contributed by atoms with van der Waals surface area (Å²) in [6.45, 7) is 2.14. The molecule has 3 rings (SSSR count). The largest absolute Gasteiger partial charge is 0.453 e. The van der Waals surface area contributed by atoms with Gasteiger partial charge in [-0.15, -0.1) is 0 Å². The molecule has 0 atom stereocenters. The van der Waals surface area contributed by atoms with E-state index in [1.807, 2.05) is 0 Å². The number of carbonyl (C=O) groups excluding carboxylic acids is 1. The number of hydrogen-bond donors (Lipinski definition) is 0. The third-order valence-corrected chi connectivity index (χ3v) is 6.06. The standard InChI is InChI=1S/C24H27F5N2O2/c1-2-3-4-5-16-14-30-21(31-15-16)17-8-12-20(13-9-17)33-22(32)18-6-10-19(11-7-18)23(25,26)24(27,28)29/h8-9,12-15,18-19H,2-7,10-11H2,1H3/t18-,19-. The molecule has 180 valence electrons. The fourth-order valence-electron chi connectivity index (χ4n) is 4.01. The number of carbonyl (C=O) groups is 1. The summed E-state index contributed by atoms with van der Waals surface area (Å²) in [5.41, 5.74) is 1.81. The molecule has 1 heterocycles. The van der Waals surface area contributed by atoms with Gasteiger partial charge in [0.05, 0.1) is 5.92 Å². The zero-order valence-corrected chi connectivity index (χ0v) is 18.4. The number of aryl methyl sites for hydroxylation is 1. The fourth-order valence-corrected chi connectivity index (χ4v) is 4.01. The summed E-state index contributed by atoms with van der Waals surface area (Å²) >= 11 is 0. The Morgan fingerprint density at radius 3 is 2.12 bits per heavy atom. The Morgan fingerprint density at radius 1 is 0.970 bits per heavy atom. The van der Waals surface area contributed by atoms with Gasteiger partial charge in [-0.3, -0.25) is 4.79 Å². The van der Waals surface area contributed by atoms with Crippen LogP contribution in [0.1, 0.15) is 57.4 Å². The zero-order chi connectivity index (χ0) is 24.1. The first kappa shape index (κ1) is 25.1. The Morgan fingerprint density at radius 2 is 1.58 bits per heavy atom. The molecule has 1 fully saturated rings. The Bertz CT molecular complexity index is 906. The Balaban J connectivity index is 1.52. The molecule has 0 radical (unpaired) electrons. The summed E-state index contributed by atoms with van der Waals surface area (Å²) < 4.78 is 70.0. The third-order valence-electron chi connectivity index (χ3n) is 6.06. The van der Waals surface area contributed by atoms with Crippen molar-refractivity contribution in [2.24, 2.45) is 11.8 Å². The van der Waals surface area contributed by atoms with Crippen LogP contribution in [-0.2, 0) is 11.2 Å². The van der Waals surface area contributed by atoms with Crippen LogP contribution < -0.4 is 4.74 Å². The van der Waals surface area contributed by atoms with Crippen molar-refractivity contribution < 1.29 is 31.5 Å². The molecule has 1 aromatic heterocycles. The predicted molar refractivity (Wildman–Crippen MR) is 113 cm³/mol. The van der Waals surface area contributed by atoms with Gasteiger partial charge in [0.25, 0.3) is 0 Å². The van der Waals surface area contributed by atoms with Crippen LogP contribution in [0.25, 0.3) is 11.4 Å². The molecule has 2 aromatic rings. The van der Waals surface area contributed by atoms with Crippen LogP contribution in [-0.4, -0.2) is 28.0 Å². The second kappa shape index (κ2) is 10.6. The monoisotopic (exact) mass is 470 g/mol. The van der Waals surface area contributed by atoms with Crippen LogP contribution in [0, 0.1) is 11.8 Å². The number of unbranched alkanes of at least 4 members (excludes halogenated alkanes) is 2. The normalized spacial score (nSPS) is 19.3. The quantitative estimate of drug-likeness (QED) is 0.185. The SMILES string of the molecule is CCCCCc1cnc(-c2ccc(OC(=O)[C@H]3CC[C@H](C(F)(F)C(F)(F)F)CC3)cc2)nc1. The minimum absolute atomic E-state index is 0.0638. The van der Waals surface area contributed by atoms with E-state index in [2.05, 4.69) is 16.9 Å². The lowest BCUT2D eigenvalue weighted by Crippen LogP contribution is -2.45. The molecule has 0 aliphatic heterocycles. The van der Waals surface area contributed by atoms with Crippen molar-refractivity contribution in [2.45, 2.75) is 70.4 Å². The number of hydrogen-bond acceptors (Lipinski definition) is 4. The lowest BCUT2D eigenvalue weighted by atomic mass is 9.78. The van der Waals surface area contributed by atoms with Gasteiger partial charge < -0.3 is 4.74 Å². The second-order valence-electron chi connectivity index (χ2n) is 8.49. The van der Waals surface area contributed by atoms with Crippen molar-refractivity contribution in [1.82, 2.24) is 9.97 Å². The molecule has 33 heavy (non-hydrogen) atoms. The number of ether oxygens (including phenoxy) is 1. The molecule has 4 nitrogen and oxygen atoms in total. The summed E-state index contributed by atoms with van der Waals surface area (Å²) in [7, 11) is 0. The van der Waals surface area contributed by atoms with Gasteiger partial charge in [0, 0.05) is 23.9 Å². The molecule has 9 heteroatoms. The van der Waals surface area contributed by atoms with E-state index >= 15 is 0 Å². The van der Waals surface area contributed by atoms with Gasteiger partial charge in [0.1, 0.15) is 5.75 Å². The minimum Gasteiger partial charge on any atom is -0.426 e. The Hall–Kier alpha value is -2.58.